The summed E-state index contributed by atoms with van der Waals surface area (Å²) in [7, 11) is 1.20. The van der Waals surface area contributed by atoms with Crippen LogP contribution in [0.3, 0.4) is 0 Å². The average Bonchev–Trinajstić information content (AvgIpc) is 2.99. The van der Waals surface area contributed by atoms with Gasteiger partial charge in [-0.1, -0.05) is 48.5 Å². The van der Waals surface area contributed by atoms with Crippen LogP contribution < -0.4 is 5.32 Å². The second-order valence-electron chi connectivity index (χ2n) is 6.54. The normalized spacial score (nSPS) is 13.2. The Morgan fingerprint density at radius 3 is 2.11 bits per heavy atom. The number of carboxylic acids is 1. The van der Waals surface area contributed by atoms with Crippen molar-refractivity contribution >= 4 is 18.0 Å². The van der Waals surface area contributed by atoms with Crippen molar-refractivity contribution in [2.45, 2.75) is 24.8 Å². The highest BCUT2D eigenvalue weighted by molar-refractivity contribution is 5.79. The number of amides is 1. The molecule has 0 saturated heterocycles. The molecule has 1 atom stereocenters. The molecule has 1 amide bonds. The van der Waals surface area contributed by atoms with E-state index >= 15 is 0 Å². The fourth-order valence-corrected chi connectivity index (χ4v) is 3.48. The molecule has 2 N–H and O–H groups in total. The lowest BCUT2D eigenvalue weighted by Gasteiger charge is -2.18. The summed E-state index contributed by atoms with van der Waals surface area (Å²) >= 11 is 0. The summed E-state index contributed by atoms with van der Waals surface area (Å²) in [5.41, 5.74) is 4.38. The summed E-state index contributed by atoms with van der Waals surface area (Å²) in [6.07, 6.45) is -1.41. The van der Waals surface area contributed by atoms with Crippen molar-refractivity contribution in [1.29, 1.82) is 0 Å². The maximum Gasteiger partial charge on any atom is 0.407 e. The van der Waals surface area contributed by atoms with Gasteiger partial charge in [-0.05, 0) is 22.3 Å². The molecule has 7 heteroatoms. The van der Waals surface area contributed by atoms with Crippen molar-refractivity contribution in [3.63, 3.8) is 0 Å². The summed E-state index contributed by atoms with van der Waals surface area (Å²) in [5.74, 6) is -1.84. The molecule has 28 heavy (non-hydrogen) atoms. The maximum atomic E-state index is 12.2. The monoisotopic (exact) mass is 383 g/mol. The molecule has 3 rings (SSSR count). The van der Waals surface area contributed by atoms with Gasteiger partial charge in [-0.2, -0.15) is 0 Å². The maximum absolute atomic E-state index is 12.2. The standard InChI is InChI=1S/C21H21NO6/c1-27-20(25)11-13(10-19(23)24)22-21(26)28-12-18-16-8-4-2-6-14(16)15-7-3-5-9-17(15)18/h2-9,13,18H,10-12H2,1H3,(H,22,26)(H,23,24). The quantitative estimate of drug-likeness (QED) is 0.713. The van der Waals surface area contributed by atoms with Gasteiger partial charge in [0, 0.05) is 5.92 Å². The summed E-state index contributed by atoms with van der Waals surface area (Å²) in [4.78, 5) is 34.6. The van der Waals surface area contributed by atoms with Gasteiger partial charge >= 0.3 is 18.0 Å². The number of aliphatic carboxylic acids is 1. The molecule has 146 valence electrons. The molecule has 1 unspecified atom stereocenters. The molecule has 0 bridgehead atoms. The number of ether oxygens (including phenoxy) is 2. The third-order valence-corrected chi connectivity index (χ3v) is 4.73. The van der Waals surface area contributed by atoms with Gasteiger partial charge in [0.1, 0.15) is 6.61 Å². The molecular weight excluding hydrogens is 362 g/mol. The second-order valence-corrected chi connectivity index (χ2v) is 6.54. The first-order valence-corrected chi connectivity index (χ1v) is 8.89. The van der Waals surface area contributed by atoms with E-state index in [0.29, 0.717) is 0 Å². The molecule has 0 aliphatic heterocycles. The Balaban J connectivity index is 1.67. The van der Waals surface area contributed by atoms with Crippen LogP contribution in [0.15, 0.2) is 48.5 Å². The average molecular weight is 383 g/mol. The fraction of sp³-hybridized carbons (Fsp3) is 0.286. The van der Waals surface area contributed by atoms with Crippen LogP contribution in [0.25, 0.3) is 11.1 Å². The molecule has 0 heterocycles. The van der Waals surface area contributed by atoms with Crippen LogP contribution >= 0.6 is 0 Å². The number of alkyl carbamates (subject to hydrolysis) is 1. The minimum atomic E-state index is -1.13. The molecule has 2 aromatic carbocycles. The van der Waals surface area contributed by atoms with E-state index in [4.69, 9.17) is 9.84 Å². The van der Waals surface area contributed by atoms with E-state index in [1.807, 2.05) is 48.5 Å². The van der Waals surface area contributed by atoms with Crippen molar-refractivity contribution in [2.24, 2.45) is 0 Å². The topological polar surface area (TPSA) is 102 Å². The van der Waals surface area contributed by atoms with E-state index in [2.05, 4.69) is 10.1 Å². The van der Waals surface area contributed by atoms with Crippen LogP contribution in [0.4, 0.5) is 4.79 Å². The fourth-order valence-electron chi connectivity index (χ4n) is 3.48. The van der Waals surface area contributed by atoms with Crippen LogP contribution in [-0.4, -0.2) is 42.9 Å². The number of nitrogens with one attached hydrogen (secondary N) is 1. The first-order chi connectivity index (χ1) is 13.5. The zero-order valence-electron chi connectivity index (χ0n) is 15.4. The summed E-state index contributed by atoms with van der Waals surface area (Å²) in [6.45, 7) is 0.109. The van der Waals surface area contributed by atoms with Crippen LogP contribution in [0.1, 0.15) is 29.9 Å². The first kappa shape index (κ1) is 19.4. The zero-order chi connectivity index (χ0) is 20.1. The molecule has 2 aromatic rings. The van der Waals surface area contributed by atoms with E-state index in [1.54, 1.807) is 0 Å². The number of hydrogen-bond donors (Lipinski definition) is 2. The molecule has 0 aromatic heterocycles. The van der Waals surface area contributed by atoms with Gasteiger partial charge in [0.25, 0.3) is 0 Å². The number of fused-ring (bicyclic) bond motifs is 3. The number of methoxy groups -OCH3 is 1. The van der Waals surface area contributed by atoms with E-state index in [9.17, 15) is 14.4 Å². The predicted octanol–water partition coefficient (Wildman–Crippen LogP) is 2.93. The van der Waals surface area contributed by atoms with Crippen molar-refractivity contribution in [3.8, 4) is 11.1 Å². The highest BCUT2D eigenvalue weighted by Gasteiger charge is 2.29. The van der Waals surface area contributed by atoms with Crippen LogP contribution in [-0.2, 0) is 19.1 Å². The summed E-state index contributed by atoms with van der Waals surface area (Å²) < 4.78 is 9.91. The Hall–Kier alpha value is -3.35. The largest absolute Gasteiger partial charge is 0.481 e. The molecule has 1 aliphatic carbocycles. The van der Waals surface area contributed by atoms with Crippen molar-refractivity contribution in [2.75, 3.05) is 13.7 Å². The molecule has 0 fully saturated rings. The van der Waals surface area contributed by atoms with Gasteiger partial charge in [-0.3, -0.25) is 9.59 Å². The minimum Gasteiger partial charge on any atom is -0.481 e. The summed E-state index contributed by atoms with van der Waals surface area (Å²) in [5, 5.41) is 11.4. The van der Waals surface area contributed by atoms with Crippen molar-refractivity contribution < 1.29 is 29.0 Å². The van der Waals surface area contributed by atoms with Gasteiger partial charge < -0.3 is 19.9 Å². The molecule has 0 radical (unpaired) electrons. The smallest absolute Gasteiger partial charge is 0.407 e. The summed E-state index contributed by atoms with van der Waals surface area (Å²) in [6, 6.07) is 15.0. The number of rotatable bonds is 7. The third-order valence-electron chi connectivity index (χ3n) is 4.73. The predicted molar refractivity (Wildman–Crippen MR) is 101 cm³/mol. The Morgan fingerprint density at radius 2 is 1.57 bits per heavy atom. The van der Waals surface area contributed by atoms with Gasteiger partial charge in [0.05, 0.1) is 26.0 Å². The molecule has 0 saturated carbocycles. The number of carboxylic acid groups (broad SMARTS) is 1. The Kier molecular flexibility index (Phi) is 5.93. The van der Waals surface area contributed by atoms with Gasteiger partial charge in [-0.25, -0.2) is 4.79 Å². The number of benzene rings is 2. The Bertz CT molecular complexity index is 848. The highest BCUT2D eigenvalue weighted by Crippen LogP contribution is 2.44. The second kappa shape index (κ2) is 8.56. The number of esters is 1. The van der Waals surface area contributed by atoms with Gasteiger partial charge in [-0.15, -0.1) is 0 Å². The zero-order valence-corrected chi connectivity index (χ0v) is 15.4. The Labute approximate surface area is 162 Å². The minimum absolute atomic E-state index is 0.100. The third kappa shape index (κ3) is 4.31. The van der Waals surface area contributed by atoms with Crippen LogP contribution in [0, 0.1) is 0 Å². The Morgan fingerprint density at radius 1 is 1.00 bits per heavy atom. The van der Waals surface area contributed by atoms with E-state index in [0.717, 1.165) is 22.3 Å². The lowest BCUT2D eigenvalue weighted by molar-refractivity contribution is -0.142. The molecule has 0 spiro atoms. The van der Waals surface area contributed by atoms with Crippen molar-refractivity contribution in [1.82, 2.24) is 5.32 Å². The van der Waals surface area contributed by atoms with E-state index in [1.165, 1.54) is 7.11 Å². The van der Waals surface area contributed by atoms with Crippen LogP contribution in [0.2, 0.25) is 0 Å². The molecule has 7 nitrogen and oxygen atoms in total. The molecule has 1 aliphatic rings. The van der Waals surface area contributed by atoms with Crippen LogP contribution in [0.5, 0.6) is 0 Å². The number of carbonyl (C=O) groups excluding carboxylic acids is 2. The number of carbonyl (C=O) groups is 3. The van der Waals surface area contributed by atoms with E-state index in [-0.39, 0.29) is 18.9 Å². The number of hydrogen-bond acceptors (Lipinski definition) is 5. The highest BCUT2D eigenvalue weighted by atomic mass is 16.5. The first-order valence-electron chi connectivity index (χ1n) is 8.89. The lowest BCUT2D eigenvalue weighted by Crippen LogP contribution is -2.39. The lowest BCUT2D eigenvalue weighted by atomic mass is 9.98. The van der Waals surface area contributed by atoms with Gasteiger partial charge in [0.15, 0.2) is 0 Å². The van der Waals surface area contributed by atoms with E-state index < -0.39 is 30.5 Å². The SMILES string of the molecule is COC(=O)CC(CC(=O)O)NC(=O)OCC1c2ccccc2-c2ccccc21. The molecular formula is C21H21NO6. The van der Waals surface area contributed by atoms with Gasteiger partial charge in [0.2, 0.25) is 0 Å². The van der Waals surface area contributed by atoms with Crippen molar-refractivity contribution in [3.05, 3.63) is 59.7 Å².